The maximum atomic E-state index is 15.1. The van der Waals surface area contributed by atoms with Gasteiger partial charge in [0.25, 0.3) is 11.8 Å². The van der Waals surface area contributed by atoms with Gasteiger partial charge in [-0.25, -0.2) is 5.43 Å². The van der Waals surface area contributed by atoms with Crippen molar-refractivity contribution in [2.24, 2.45) is 17.3 Å². The van der Waals surface area contributed by atoms with Crippen molar-refractivity contribution < 1.29 is 33.8 Å². The van der Waals surface area contributed by atoms with Crippen LogP contribution in [-0.2, 0) is 48.1 Å². The number of rotatable bonds is 7. The van der Waals surface area contributed by atoms with Crippen molar-refractivity contribution in [3.05, 3.63) is 72.1 Å². The quantitative estimate of drug-likeness (QED) is 0.151. The summed E-state index contributed by atoms with van der Waals surface area (Å²) in [5, 5.41) is 13.9. The van der Waals surface area contributed by atoms with Crippen LogP contribution in [0.2, 0.25) is 0 Å². The van der Waals surface area contributed by atoms with Gasteiger partial charge in [0.15, 0.2) is 0 Å². The van der Waals surface area contributed by atoms with E-state index < -0.39 is 34.9 Å². The predicted octanol–water partition coefficient (Wildman–Crippen LogP) is 4.74. The molecule has 4 amide bonds. The highest BCUT2D eigenvalue weighted by atomic mass is 16.5. The van der Waals surface area contributed by atoms with Crippen LogP contribution in [-0.4, -0.2) is 147 Å². The van der Waals surface area contributed by atoms with Gasteiger partial charge in [-0.2, -0.15) is 0 Å². The molecule has 15 heteroatoms. The third-order valence-electron chi connectivity index (χ3n) is 13.8. The van der Waals surface area contributed by atoms with Crippen molar-refractivity contribution in [2.75, 3.05) is 60.5 Å². The first kappa shape index (κ1) is 47.3. The summed E-state index contributed by atoms with van der Waals surface area (Å²) < 4.78 is 8.40. The highest BCUT2D eigenvalue weighted by Crippen LogP contribution is 2.43. The van der Waals surface area contributed by atoms with Gasteiger partial charge in [-0.15, -0.1) is 0 Å². The molecule has 4 aliphatic rings. The molecular formula is C52H64N8O7. The van der Waals surface area contributed by atoms with Crippen LogP contribution in [0.25, 0.3) is 33.3 Å². The number of amides is 4. The van der Waals surface area contributed by atoms with Crippen LogP contribution in [0.1, 0.15) is 65.0 Å². The fourth-order valence-electron chi connectivity index (χ4n) is 10.4. The molecule has 0 aliphatic carbocycles. The van der Waals surface area contributed by atoms with Gasteiger partial charge >= 0.3 is 5.97 Å². The van der Waals surface area contributed by atoms with Gasteiger partial charge in [-0.1, -0.05) is 45.7 Å². The number of nitrogens with one attached hydrogen (secondary N) is 1. The summed E-state index contributed by atoms with van der Waals surface area (Å²) in [6.07, 6.45) is 5.72. The van der Waals surface area contributed by atoms with E-state index >= 15 is 4.79 Å². The van der Waals surface area contributed by atoms with Crippen molar-refractivity contribution in [3.8, 4) is 40.0 Å². The number of aromatic nitrogens is 2. The van der Waals surface area contributed by atoms with Gasteiger partial charge in [-0.05, 0) is 117 Å². The zero-order valence-electron chi connectivity index (χ0n) is 40.1. The van der Waals surface area contributed by atoms with E-state index in [0.717, 1.165) is 38.9 Å². The molecule has 0 unspecified atom stereocenters. The Labute approximate surface area is 393 Å². The first-order valence-corrected chi connectivity index (χ1v) is 23.6. The number of hydrazine groups is 1. The van der Waals surface area contributed by atoms with E-state index in [9.17, 15) is 24.3 Å². The second-order valence-electron chi connectivity index (χ2n) is 20.2. The fraction of sp³-hybridized carbons (Fsp3) is 0.500. The number of phenolic OH excluding ortho intramolecular Hbond substituents is 1. The number of benzene rings is 2. The largest absolute Gasteiger partial charge is 0.508 e. The summed E-state index contributed by atoms with van der Waals surface area (Å²) in [5.41, 5.74) is 7.71. The lowest BCUT2D eigenvalue weighted by Gasteiger charge is -2.36. The molecular weight excluding hydrogens is 849 g/mol. The Morgan fingerprint density at radius 3 is 2.51 bits per heavy atom. The van der Waals surface area contributed by atoms with Crippen molar-refractivity contribution in [3.63, 3.8) is 0 Å². The summed E-state index contributed by atoms with van der Waals surface area (Å²) in [6, 6.07) is 13.9. The maximum absolute atomic E-state index is 15.1. The number of carbonyl (C=O) groups is 5. The lowest BCUT2D eigenvalue weighted by Crippen LogP contribution is -2.60. The zero-order valence-corrected chi connectivity index (χ0v) is 40.1. The van der Waals surface area contributed by atoms with E-state index in [1.807, 2.05) is 57.2 Å². The Balaban J connectivity index is 1.15. The number of cyclic esters (lactones) is 1. The third-order valence-corrected chi connectivity index (χ3v) is 13.8. The number of aromatic hydroxyl groups is 1. The van der Waals surface area contributed by atoms with Crippen LogP contribution in [0.5, 0.6) is 5.75 Å². The summed E-state index contributed by atoms with van der Waals surface area (Å²) >= 11 is 0. The van der Waals surface area contributed by atoms with Crippen LogP contribution in [0.3, 0.4) is 0 Å². The average molecular weight is 913 g/mol. The Kier molecular flexibility index (Phi) is 13.3. The lowest BCUT2D eigenvalue weighted by atomic mass is 9.84. The molecule has 4 atom stereocenters. The first-order valence-electron chi connectivity index (χ1n) is 23.6. The number of esters is 1. The molecule has 67 heavy (non-hydrogen) atoms. The number of nitrogens with zero attached hydrogens (tertiary/aromatic N) is 7. The minimum absolute atomic E-state index is 0.0173. The van der Waals surface area contributed by atoms with Gasteiger partial charge in [0.1, 0.15) is 23.4 Å². The summed E-state index contributed by atoms with van der Waals surface area (Å²) in [6.45, 7) is 12.3. The Morgan fingerprint density at radius 1 is 1.00 bits per heavy atom. The number of pyridine rings is 1. The van der Waals surface area contributed by atoms with Crippen molar-refractivity contribution >= 4 is 40.5 Å². The Hall–Kier alpha value is -6.24. The van der Waals surface area contributed by atoms with E-state index in [1.165, 1.54) is 9.91 Å². The molecule has 3 fully saturated rings. The molecule has 2 aromatic carbocycles. The highest BCUT2D eigenvalue weighted by molar-refractivity contribution is 6.01. The molecule has 3 saturated heterocycles. The number of likely N-dealkylation sites (tertiary alicyclic amines) is 1. The molecule has 0 radical (unpaired) electrons. The molecule has 4 aromatic rings. The second-order valence-corrected chi connectivity index (χ2v) is 20.2. The highest BCUT2D eigenvalue weighted by Gasteiger charge is 2.64. The second kappa shape index (κ2) is 18.8. The molecule has 6 bridgehead atoms. The normalized spacial score (nSPS) is 22.1. The van der Waals surface area contributed by atoms with Crippen LogP contribution in [0.4, 0.5) is 0 Å². The molecule has 15 nitrogen and oxygen atoms in total. The van der Waals surface area contributed by atoms with Gasteiger partial charge < -0.3 is 29.1 Å². The molecule has 4 aliphatic heterocycles. The predicted molar refractivity (Wildman–Crippen MR) is 255 cm³/mol. The third kappa shape index (κ3) is 9.51. The number of hydrogen-bond acceptors (Lipinski definition) is 10. The number of ether oxygens (including phenoxy) is 1. The Morgan fingerprint density at radius 2 is 1.79 bits per heavy atom. The smallest absolute Gasteiger partial charge is 0.324 e. The lowest BCUT2D eigenvalue weighted by molar-refractivity contribution is -0.156. The molecule has 2 aromatic heterocycles. The minimum atomic E-state index is -1.39. The molecule has 8 rings (SSSR count). The number of likely N-dealkylation sites (N-methyl/N-ethyl adjacent to an activating group) is 1. The molecule has 2 N–H and O–H groups in total. The zero-order chi connectivity index (χ0) is 47.9. The summed E-state index contributed by atoms with van der Waals surface area (Å²) in [5.74, 6) is 2.93. The SMILES string of the molecule is CCn1c(-c2cccnc2)c2c3cc(ccc31)-c1cc(O)cc(c1)C[C@@]1(CN1C(=O)[C@H](C(C)C)N(C)C(=O)[C@H]1CCN(C(=O)C#CCN(C)C)C1)C(=O)N1CCC[C@H](N1)C(=O)OCC(C)(C)C2. The minimum Gasteiger partial charge on any atom is -0.508 e. The van der Waals surface area contributed by atoms with Gasteiger partial charge in [0.05, 0.1) is 31.3 Å². The van der Waals surface area contributed by atoms with Crippen molar-refractivity contribution in [2.45, 2.75) is 90.9 Å². The number of hydrogen-bond donors (Lipinski definition) is 2. The Bertz CT molecular complexity index is 2650. The topological polar surface area (TPSA) is 161 Å². The molecule has 1 spiro atoms. The number of carbonyl (C=O) groups excluding carboxylic acids is 5. The van der Waals surface area contributed by atoms with Gasteiger partial charge in [-0.3, -0.25) is 38.9 Å². The van der Waals surface area contributed by atoms with Crippen LogP contribution >= 0.6 is 0 Å². The first-order chi connectivity index (χ1) is 31.9. The van der Waals surface area contributed by atoms with Crippen LogP contribution in [0, 0.1) is 29.1 Å². The van der Waals surface area contributed by atoms with E-state index in [-0.39, 0.29) is 61.4 Å². The maximum Gasteiger partial charge on any atom is 0.324 e. The summed E-state index contributed by atoms with van der Waals surface area (Å²) in [7, 11) is 5.36. The van der Waals surface area contributed by atoms with Crippen LogP contribution in [0.15, 0.2) is 60.9 Å². The van der Waals surface area contributed by atoms with Crippen LogP contribution < -0.4 is 5.43 Å². The molecule has 354 valence electrons. The molecule has 0 saturated carbocycles. The summed E-state index contributed by atoms with van der Waals surface area (Å²) in [4.78, 5) is 82.0. The average Bonchev–Trinajstić information content (AvgIpc) is 3.65. The van der Waals surface area contributed by atoms with Crippen molar-refractivity contribution in [1.29, 1.82) is 0 Å². The number of phenols is 1. The van der Waals surface area contributed by atoms with E-state index in [1.54, 1.807) is 35.2 Å². The number of fused-ring (bicyclic) bond motifs is 6. The van der Waals surface area contributed by atoms with Gasteiger partial charge in [0.2, 0.25) is 11.8 Å². The fourth-order valence-corrected chi connectivity index (χ4v) is 10.4. The standard InChI is InChI=1S/C52H64N8O7/c1-9-58-43-17-16-35-26-40(43)41(46(58)36-13-10-19-53-29-36)28-51(4,5)32-67-49(65)42-14-11-21-60(54-42)50(66)52(27-34-23-38(35)25-39(61)24-34)31-59(52)48(64)45(33(2)3)56(8)47(63)37-18-22-57(30-37)44(62)15-12-20-55(6)7/h10,13,16-17,19,23-26,29,33,37,42,45,54,61H,9,11,14,18,20-22,27-28,30-32H2,1-8H3/t37-,42-,45-,52+,59?/m0/s1. The van der Waals surface area contributed by atoms with E-state index in [0.29, 0.717) is 57.4 Å². The monoisotopic (exact) mass is 912 g/mol. The molecule has 6 heterocycles. The van der Waals surface area contributed by atoms with E-state index in [4.69, 9.17) is 4.74 Å². The van der Waals surface area contributed by atoms with Crippen molar-refractivity contribution in [1.82, 2.24) is 39.6 Å². The number of aryl methyl sites for hydroxylation is 1. The van der Waals surface area contributed by atoms with E-state index in [2.05, 4.69) is 65.8 Å². The van der Waals surface area contributed by atoms with Gasteiger partial charge in [0, 0.05) is 73.9 Å².